The van der Waals surface area contributed by atoms with Crippen molar-refractivity contribution in [3.05, 3.63) is 111 Å². The Hall–Kier alpha value is -4.76. The van der Waals surface area contributed by atoms with Gasteiger partial charge in [-0.2, -0.15) is 0 Å². The number of halogens is 1. The van der Waals surface area contributed by atoms with Gasteiger partial charge >= 0.3 is 12.0 Å². The number of hydrogen-bond donors (Lipinski definition) is 4. The molecule has 4 aromatic rings. The molecule has 0 aliphatic carbocycles. The number of rotatable bonds is 9. The Labute approximate surface area is 235 Å². The molecule has 2 amide bonds. The maximum absolute atomic E-state index is 13.2. The van der Waals surface area contributed by atoms with Gasteiger partial charge in [0.25, 0.3) is 5.56 Å². The number of benzene rings is 3. The van der Waals surface area contributed by atoms with E-state index in [-0.39, 0.29) is 18.0 Å². The number of aryl methyl sites for hydroxylation is 1. The molecule has 0 bridgehead atoms. The highest BCUT2D eigenvalue weighted by molar-refractivity contribution is 6.31. The number of anilines is 1. The highest BCUT2D eigenvalue weighted by Crippen LogP contribution is 2.27. The SMILES string of the molecule is COc1ccc(-c2ccc([C@H](CC(=O)O)NC(=O)Nc3c(O)c(C)cn(Cc4ccccc4Cl)c3=O)cc2)cc1. The van der Waals surface area contributed by atoms with Crippen molar-refractivity contribution in [2.24, 2.45) is 0 Å². The second-order valence-electron chi connectivity index (χ2n) is 9.16. The van der Waals surface area contributed by atoms with Crippen LogP contribution < -0.4 is 20.9 Å². The van der Waals surface area contributed by atoms with Crippen LogP contribution in [0.3, 0.4) is 0 Å². The molecule has 40 heavy (non-hydrogen) atoms. The van der Waals surface area contributed by atoms with Crippen LogP contribution in [0.5, 0.6) is 11.5 Å². The van der Waals surface area contributed by atoms with E-state index in [1.807, 2.05) is 36.4 Å². The molecule has 3 aromatic carbocycles. The zero-order valence-corrected chi connectivity index (χ0v) is 22.6. The number of nitrogens with one attached hydrogen (secondary N) is 2. The first-order valence-corrected chi connectivity index (χ1v) is 12.7. The Morgan fingerprint density at radius 3 is 2.23 bits per heavy atom. The zero-order valence-electron chi connectivity index (χ0n) is 21.8. The molecule has 1 heterocycles. The van der Waals surface area contributed by atoms with Gasteiger partial charge in [-0.3, -0.25) is 9.59 Å². The minimum absolute atomic E-state index is 0.123. The third kappa shape index (κ3) is 6.62. The first-order valence-electron chi connectivity index (χ1n) is 12.4. The highest BCUT2D eigenvalue weighted by atomic mass is 35.5. The molecule has 1 atom stereocenters. The fraction of sp³-hybridized carbons (Fsp3) is 0.167. The summed E-state index contributed by atoms with van der Waals surface area (Å²) in [4.78, 5) is 37.7. The molecular weight excluding hydrogens is 534 g/mol. The quantitative estimate of drug-likeness (QED) is 0.211. The lowest BCUT2D eigenvalue weighted by atomic mass is 9.99. The molecule has 0 aliphatic heterocycles. The number of aliphatic carboxylic acids is 1. The van der Waals surface area contributed by atoms with E-state index in [1.54, 1.807) is 50.4 Å². The maximum atomic E-state index is 13.2. The fourth-order valence-corrected chi connectivity index (χ4v) is 4.46. The molecular formula is C30H28ClN3O6. The molecule has 0 fully saturated rings. The van der Waals surface area contributed by atoms with Crippen molar-refractivity contribution in [1.29, 1.82) is 0 Å². The van der Waals surface area contributed by atoms with Crippen molar-refractivity contribution in [1.82, 2.24) is 9.88 Å². The summed E-state index contributed by atoms with van der Waals surface area (Å²) >= 11 is 6.24. The molecule has 0 saturated carbocycles. The highest BCUT2D eigenvalue weighted by Gasteiger charge is 2.21. The van der Waals surface area contributed by atoms with Gasteiger partial charge in [0, 0.05) is 16.8 Å². The monoisotopic (exact) mass is 561 g/mol. The van der Waals surface area contributed by atoms with Crippen molar-refractivity contribution in [2.75, 3.05) is 12.4 Å². The molecule has 1 aromatic heterocycles. The zero-order chi connectivity index (χ0) is 28.8. The molecule has 10 heteroatoms. The number of carboxylic acid groups (broad SMARTS) is 1. The van der Waals surface area contributed by atoms with Crippen LogP contribution in [-0.2, 0) is 11.3 Å². The molecule has 4 N–H and O–H groups in total. The third-order valence-electron chi connectivity index (χ3n) is 6.39. The number of nitrogens with zero attached hydrogens (tertiary/aromatic N) is 1. The van der Waals surface area contributed by atoms with Gasteiger partial charge in [0.05, 0.1) is 26.1 Å². The van der Waals surface area contributed by atoms with Crippen LogP contribution in [0.4, 0.5) is 10.5 Å². The lowest BCUT2D eigenvalue weighted by Crippen LogP contribution is -2.36. The smallest absolute Gasteiger partial charge is 0.319 e. The van der Waals surface area contributed by atoms with Gasteiger partial charge in [-0.05, 0) is 47.4 Å². The Kier molecular flexibility index (Phi) is 8.76. The van der Waals surface area contributed by atoms with Crippen molar-refractivity contribution in [3.8, 4) is 22.6 Å². The van der Waals surface area contributed by atoms with Gasteiger partial charge in [-0.25, -0.2) is 4.79 Å². The summed E-state index contributed by atoms with van der Waals surface area (Å²) in [5.41, 5.74) is 2.47. The number of methoxy groups -OCH3 is 1. The molecule has 0 spiro atoms. The first kappa shape index (κ1) is 28.3. The third-order valence-corrected chi connectivity index (χ3v) is 6.76. The Morgan fingerprint density at radius 2 is 1.62 bits per heavy atom. The number of aromatic nitrogens is 1. The number of carbonyl (C=O) groups is 2. The topological polar surface area (TPSA) is 130 Å². The van der Waals surface area contributed by atoms with Crippen LogP contribution in [0, 0.1) is 6.92 Å². The molecule has 206 valence electrons. The van der Waals surface area contributed by atoms with Gasteiger partial charge in [-0.15, -0.1) is 0 Å². The normalized spacial score (nSPS) is 11.5. The average molecular weight is 562 g/mol. The van der Waals surface area contributed by atoms with Gasteiger partial charge in [0.15, 0.2) is 5.69 Å². The largest absolute Gasteiger partial charge is 0.505 e. The Balaban J connectivity index is 1.55. The van der Waals surface area contributed by atoms with E-state index in [0.29, 0.717) is 21.7 Å². The second kappa shape index (κ2) is 12.4. The summed E-state index contributed by atoms with van der Waals surface area (Å²) in [7, 11) is 1.59. The summed E-state index contributed by atoms with van der Waals surface area (Å²) < 4.78 is 6.52. The predicted octanol–water partition coefficient (Wildman–Crippen LogP) is 5.58. The standard InChI is InChI=1S/C30H28ClN3O6/c1-18-16-34(17-22-5-3-4-6-24(22)31)29(38)27(28(18)37)33-30(39)32-25(15-26(35)36)21-9-7-19(8-10-21)20-11-13-23(40-2)14-12-20/h3-14,16,25,37H,15,17H2,1-2H3,(H,35,36)(H2,32,33,39)/t25-/m0/s1. The fourth-order valence-electron chi connectivity index (χ4n) is 4.26. The molecule has 0 unspecified atom stereocenters. The molecule has 9 nitrogen and oxygen atoms in total. The number of pyridine rings is 1. The van der Waals surface area contributed by atoms with Crippen molar-refractivity contribution >= 4 is 29.3 Å². The van der Waals surface area contributed by atoms with E-state index < -0.39 is 30.0 Å². The summed E-state index contributed by atoms with van der Waals surface area (Å²) in [5, 5.41) is 25.5. The van der Waals surface area contributed by atoms with Crippen molar-refractivity contribution in [2.45, 2.75) is 25.9 Å². The predicted molar refractivity (Wildman–Crippen MR) is 153 cm³/mol. The van der Waals surface area contributed by atoms with E-state index in [9.17, 15) is 24.6 Å². The summed E-state index contributed by atoms with van der Waals surface area (Å²) in [6.45, 7) is 1.72. The molecule has 0 aliphatic rings. The minimum Gasteiger partial charge on any atom is -0.505 e. The Bertz CT molecular complexity index is 1580. The van der Waals surface area contributed by atoms with Crippen LogP contribution in [0.1, 0.15) is 29.2 Å². The van der Waals surface area contributed by atoms with Crippen molar-refractivity contribution < 1.29 is 24.5 Å². The van der Waals surface area contributed by atoms with E-state index in [4.69, 9.17) is 16.3 Å². The van der Waals surface area contributed by atoms with E-state index in [1.165, 1.54) is 10.8 Å². The van der Waals surface area contributed by atoms with Crippen LogP contribution in [0.2, 0.25) is 5.02 Å². The first-order chi connectivity index (χ1) is 19.2. The number of urea groups is 1. The van der Waals surface area contributed by atoms with Gasteiger partial charge in [-0.1, -0.05) is 66.2 Å². The van der Waals surface area contributed by atoms with E-state index in [0.717, 1.165) is 16.9 Å². The number of amides is 2. The van der Waals surface area contributed by atoms with Crippen LogP contribution >= 0.6 is 11.6 Å². The van der Waals surface area contributed by atoms with E-state index >= 15 is 0 Å². The van der Waals surface area contributed by atoms with Gasteiger partial charge in [0.2, 0.25) is 0 Å². The lowest BCUT2D eigenvalue weighted by Gasteiger charge is -2.19. The van der Waals surface area contributed by atoms with Crippen LogP contribution in [0.25, 0.3) is 11.1 Å². The molecule has 0 saturated heterocycles. The Morgan fingerprint density at radius 1 is 1.00 bits per heavy atom. The summed E-state index contributed by atoms with van der Waals surface area (Å²) in [6.07, 6.45) is 1.08. The number of hydrogen-bond acceptors (Lipinski definition) is 5. The van der Waals surface area contributed by atoms with Crippen LogP contribution in [-0.4, -0.2) is 33.9 Å². The average Bonchev–Trinajstić information content (AvgIpc) is 2.94. The minimum atomic E-state index is -1.12. The summed E-state index contributed by atoms with van der Waals surface area (Å²) in [6, 6.07) is 19.9. The molecule has 0 radical (unpaired) electrons. The van der Waals surface area contributed by atoms with E-state index in [2.05, 4.69) is 10.6 Å². The summed E-state index contributed by atoms with van der Waals surface area (Å²) in [5.74, 6) is -0.772. The number of carboxylic acids is 1. The van der Waals surface area contributed by atoms with Gasteiger partial charge < -0.3 is 30.2 Å². The number of aromatic hydroxyl groups is 1. The van der Waals surface area contributed by atoms with Crippen molar-refractivity contribution in [3.63, 3.8) is 0 Å². The lowest BCUT2D eigenvalue weighted by molar-refractivity contribution is -0.137. The number of ether oxygens (including phenoxy) is 1. The maximum Gasteiger partial charge on any atom is 0.319 e. The van der Waals surface area contributed by atoms with Crippen LogP contribution in [0.15, 0.2) is 83.8 Å². The number of carbonyl (C=O) groups excluding carboxylic acids is 1. The van der Waals surface area contributed by atoms with Gasteiger partial charge in [0.1, 0.15) is 11.5 Å². The molecule has 4 rings (SSSR count). The second-order valence-corrected chi connectivity index (χ2v) is 9.57.